The Kier molecular flexibility index (Phi) is 7.20. The SMILES string of the molecule is Cc1cc2cc(NC(=N[C@H]3CCCCN(CC(=O)N4CCCC4)C3=O)NC(=O)c3ccno3)ccc2o1. The molecule has 1 atom stereocenters. The predicted octanol–water partition coefficient (Wildman–Crippen LogP) is 2.93. The van der Waals surface area contributed by atoms with Crippen molar-refractivity contribution < 1.29 is 23.3 Å². The van der Waals surface area contributed by atoms with Gasteiger partial charge in [-0.1, -0.05) is 5.16 Å². The average molecular weight is 507 g/mol. The fraction of sp³-hybridized carbons (Fsp3) is 0.423. The molecule has 5 rings (SSSR count). The number of aryl methyl sites for hydroxylation is 1. The molecule has 2 saturated heterocycles. The zero-order valence-electron chi connectivity index (χ0n) is 20.7. The molecule has 2 N–H and O–H groups in total. The van der Waals surface area contributed by atoms with E-state index < -0.39 is 11.9 Å². The van der Waals surface area contributed by atoms with E-state index in [0.29, 0.717) is 18.7 Å². The summed E-state index contributed by atoms with van der Waals surface area (Å²) < 4.78 is 10.6. The van der Waals surface area contributed by atoms with Crippen LogP contribution in [-0.4, -0.2) is 70.9 Å². The van der Waals surface area contributed by atoms with Crippen LogP contribution in [0.5, 0.6) is 0 Å². The van der Waals surface area contributed by atoms with Crippen LogP contribution in [0, 0.1) is 6.92 Å². The van der Waals surface area contributed by atoms with Gasteiger partial charge in [-0.05, 0) is 63.3 Å². The first kappa shape index (κ1) is 24.5. The second-order valence-corrected chi connectivity index (χ2v) is 9.40. The predicted molar refractivity (Wildman–Crippen MR) is 136 cm³/mol. The number of rotatable bonds is 5. The highest BCUT2D eigenvalue weighted by molar-refractivity contribution is 6.09. The molecular weight excluding hydrogens is 476 g/mol. The van der Waals surface area contributed by atoms with Gasteiger partial charge in [0.05, 0.1) is 12.7 Å². The Morgan fingerprint density at radius 3 is 2.70 bits per heavy atom. The van der Waals surface area contributed by atoms with Gasteiger partial charge in [0.25, 0.3) is 5.91 Å². The van der Waals surface area contributed by atoms with E-state index in [2.05, 4.69) is 20.8 Å². The van der Waals surface area contributed by atoms with Crippen LogP contribution in [0.1, 0.15) is 48.4 Å². The van der Waals surface area contributed by atoms with E-state index in [4.69, 9.17) is 8.94 Å². The number of hydrogen-bond donors (Lipinski definition) is 2. The molecule has 11 nitrogen and oxygen atoms in total. The highest BCUT2D eigenvalue weighted by atomic mass is 16.5. The van der Waals surface area contributed by atoms with Crippen molar-refractivity contribution in [2.75, 3.05) is 31.5 Å². The number of amides is 3. The smallest absolute Gasteiger partial charge is 0.296 e. The minimum Gasteiger partial charge on any atom is -0.461 e. The van der Waals surface area contributed by atoms with E-state index in [0.717, 1.165) is 55.5 Å². The van der Waals surface area contributed by atoms with Crippen molar-refractivity contribution in [3.8, 4) is 0 Å². The summed E-state index contributed by atoms with van der Waals surface area (Å²) in [4.78, 5) is 47.0. The normalized spacial score (nSPS) is 18.8. The van der Waals surface area contributed by atoms with Gasteiger partial charge in [-0.2, -0.15) is 0 Å². The van der Waals surface area contributed by atoms with Crippen LogP contribution in [-0.2, 0) is 9.59 Å². The van der Waals surface area contributed by atoms with Crippen molar-refractivity contribution >= 4 is 40.3 Å². The third kappa shape index (κ3) is 5.82. The quantitative estimate of drug-likeness (QED) is 0.401. The lowest BCUT2D eigenvalue weighted by Crippen LogP contribution is -2.45. The van der Waals surface area contributed by atoms with E-state index in [-0.39, 0.29) is 30.1 Å². The molecule has 3 aromatic rings. The van der Waals surface area contributed by atoms with Crippen molar-refractivity contribution in [2.45, 2.75) is 45.1 Å². The maximum absolute atomic E-state index is 13.4. The Morgan fingerprint density at radius 1 is 1.11 bits per heavy atom. The summed E-state index contributed by atoms with van der Waals surface area (Å²) in [6, 6.07) is 8.11. The molecule has 0 spiro atoms. The van der Waals surface area contributed by atoms with Crippen LogP contribution in [0.2, 0.25) is 0 Å². The second-order valence-electron chi connectivity index (χ2n) is 9.40. The zero-order chi connectivity index (χ0) is 25.8. The van der Waals surface area contributed by atoms with Crippen LogP contribution in [0.15, 0.2) is 50.5 Å². The highest BCUT2D eigenvalue weighted by Gasteiger charge is 2.30. The number of aromatic nitrogens is 1. The fourth-order valence-electron chi connectivity index (χ4n) is 4.74. The third-order valence-electron chi connectivity index (χ3n) is 6.62. The van der Waals surface area contributed by atoms with E-state index in [9.17, 15) is 14.4 Å². The summed E-state index contributed by atoms with van der Waals surface area (Å²) >= 11 is 0. The molecule has 0 radical (unpaired) electrons. The molecule has 194 valence electrons. The van der Waals surface area contributed by atoms with Gasteiger partial charge in [-0.25, -0.2) is 4.99 Å². The summed E-state index contributed by atoms with van der Waals surface area (Å²) in [5.41, 5.74) is 1.40. The van der Waals surface area contributed by atoms with Gasteiger partial charge in [0, 0.05) is 36.8 Å². The summed E-state index contributed by atoms with van der Waals surface area (Å²) in [6.07, 6.45) is 5.44. The van der Waals surface area contributed by atoms with E-state index in [1.807, 2.05) is 30.0 Å². The monoisotopic (exact) mass is 506 g/mol. The lowest BCUT2D eigenvalue weighted by atomic mass is 10.1. The minimum absolute atomic E-state index is 0.0143. The Morgan fingerprint density at radius 2 is 1.92 bits per heavy atom. The molecule has 2 fully saturated rings. The number of benzene rings is 1. The number of nitrogens with one attached hydrogen (secondary N) is 2. The maximum atomic E-state index is 13.4. The number of fused-ring (bicyclic) bond motifs is 1. The molecule has 0 aliphatic carbocycles. The van der Waals surface area contributed by atoms with Crippen LogP contribution >= 0.6 is 0 Å². The Hall–Kier alpha value is -4.15. The molecule has 3 amide bonds. The number of guanidine groups is 1. The number of hydrogen-bond acceptors (Lipinski definition) is 7. The molecule has 4 heterocycles. The van der Waals surface area contributed by atoms with Gasteiger partial charge >= 0.3 is 0 Å². The Bertz CT molecular complexity index is 1310. The fourth-order valence-corrected chi connectivity index (χ4v) is 4.74. The van der Waals surface area contributed by atoms with E-state index in [1.54, 1.807) is 11.0 Å². The van der Waals surface area contributed by atoms with Gasteiger partial charge < -0.3 is 24.1 Å². The largest absolute Gasteiger partial charge is 0.461 e. The number of carbonyl (C=O) groups excluding carboxylic acids is 3. The molecule has 11 heteroatoms. The van der Waals surface area contributed by atoms with Crippen molar-refractivity contribution in [2.24, 2.45) is 4.99 Å². The Balaban J connectivity index is 1.38. The lowest BCUT2D eigenvalue weighted by molar-refractivity contribution is -0.140. The number of likely N-dealkylation sites (tertiary alicyclic amines) is 2. The van der Waals surface area contributed by atoms with Crippen LogP contribution in [0.3, 0.4) is 0 Å². The van der Waals surface area contributed by atoms with Crippen LogP contribution in [0.25, 0.3) is 11.0 Å². The molecule has 2 aromatic heterocycles. The molecule has 0 unspecified atom stereocenters. The van der Waals surface area contributed by atoms with Gasteiger partial charge in [-0.15, -0.1) is 0 Å². The highest BCUT2D eigenvalue weighted by Crippen LogP contribution is 2.23. The zero-order valence-corrected chi connectivity index (χ0v) is 20.7. The number of anilines is 1. The van der Waals surface area contributed by atoms with Gasteiger partial charge in [0.15, 0.2) is 0 Å². The van der Waals surface area contributed by atoms with Gasteiger partial charge in [-0.3, -0.25) is 19.7 Å². The topological polar surface area (TPSA) is 133 Å². The van der Waals surface area contributed by atoms with Gasteiger partial charge in [0.1, 0.15) is 17.4 Å². The molecule has 0 saturated carbocycles. The first-order chi connectivity index (χ1) is 18.0. The van der Waals surface area contributed by atoms with Crippen molar-refractivity contribution in [1.29, 1.82) is 0 Å². The molecule has 0 bridgehead atoms. The summed E-state index contributed by atoms with van der Waals surface area (Å²) in [5, 5.41) is 10.3. The standard InChI is InChI=1S/C26H30N6O5/c1-17-14-18-15-19(7-8-21(18)36-17)28-26(30-24(34)22-9-10-27-37-22)29-20-6-2-3-13-32(25(20)35)16-23(33)31-11-4-5-12-31/h7-10,14-15,20H,2-6,11-13,16H2,1H3,(H2,28,29,30,34)/t20-/m0/s1. The maximum Gasteiger partial charge on any atom is 0.296 e. The van der Waals surface area contributed by atoms with E-state index in [1.165, 1.54) is 12.3 Å². The minimum atomic E-state index is -0.744. The van der Waals surface area contributed by atoms with Crippen LogP contribution in [0.4, 0.5) is 5.69 Å². The number of aliphatic imine (C=N–C) groups is 1. The summed E-state index contributed by atoms with van der Waals surface area (Å²) in [5.74, 6) is 0.0983. The third-order valence-corrected chi connectivity index (χ3v) is 6.62. The van der Waals surface area contributed by atoms with Crippen LogP contribution < -0.4 is 10.6 Å². The first-order valence-electron chi connectivity index (χ1n) is 12.6. The number of carbonyl (C=O) groups is 3. The first-order valence-corrected chi connectivity index (χ1v) is 12.6. The van der Waals surface area contributed by atoms with E-state index >= 15 is 0 Å². The molecule has 1 aromatic carbocycles. The van der Waals surface area contributed by atoms with Crippen molar-refractivity contribution in [3.05, 3.63) is 48.0 Å². The summed E-state index contributed by atoms with van der Waals surface area (Å²) in [7, 11) is 0. The molecule has 2 aliphatic rings. The van der Waals surface area contributed by atoms with Crippen molar-refractivity contribution in [1.82, 2.24) is 20.3 Å². The second kappa shape index (κ2) is 10.9. The molecule has 2 aliphatic heterocycles. The van der Waals surface area contributed by atoms with Gasteiger partial charge in [0.2, 0.25) is 23.5 Å². The molecule has 37 heavy (non-hydrogen) atoms. The lowest BCUT2D eigenvalue weighted by Gasteiger charge is -2.25. The van der Waals surface area contributed by atoms with Crippen molar-refractivity contribution in [3.63, 3.8) is 0 Å². The Labute approximate surface area is 213 Å². The number of furan rings is 1. The number of nitrogens with zero attached hydrogens (tertiary/aromatic N) is 4. The average Bonchev–Trinajstić information content (AvgIpc) is 3.64. The summed E-state index contributed by atoms with van der Waals surface area (Å²) in [6.45, 7) is 3.91. The molecular formula is C26H30N6O5.